The predicted molar refractivity (Wildman–Crippen MR) is 141 cm³/mol. The summed E-state index contributed by atoms with van der Waals surface area (Å²) in [5, 5.41) is 26.8. The highest BCUT2D eigenvalue weighted by Gasteiger charge is 2.25. The van der Waals surface area contributed by atoms with Crippen molar-refractivity contribution in [1.29, 1.82) is 0 Å². The van der Waals surface area contributed by atoms with Crippen LogP contribution in [-0.2, 0) is 16.1 Å². The van der Waals surface area contributed by atoms with Gasteiger partial charge in [0.2, 0.25) is 5.91 Å². The number of benzene rings is 3. The van der Waals surface area contributed by atoms with Gasteiger partial charge in [0.05, 0.1) is 30.2 Å². The number of carbonyl (C=O) groups is 3. The maximum Gasteiger partial charge on any atom is 0.268 e. The van der Waals surface area contributed by atoms with Crippen molar-refractivity contribution in [3.8, 4) is 11.1 Å². The smallest absolute Gasteiger partial charge is 0.268 e. The van der Waals surface area contributed by atoms with Crippen LogP contribution in [0.5, 0.6) is 0 Å². The first-order valence-electron chi connectivity index (χ1n) is 11.9. The van der Waals surface area contributed by atoms with Gasteiger partial charge < -0.3 is 26.0 Å². The van der Waals surface area contributed by atoms with Gasteiger partial charge in [-0.2, -0.15) is 0 Å². The summed E-state index contributed by atoms with van der Waals surface area (Å²) in [6.07, 6.45) is -1.20. The lowest BCUT2D eigenvalue weighted by molar-refractivity contribution is -0.133. The maximum absolute atomic E-state index is 12.4. The van der Waals surface area contributed by atoms with Crippen LogP contribution in [0, 0.1) is 0 Å². The number of para-hydroxylation sites is 2. The first kappa shape index (κ1) is 26.5. The lowest BCUT2D eigenvalue weighted by Crippen LogP contribution is -2.51. The number of aliphatic hydroxyl groups is 1. The van der Waals surface area contributed by atoms with Gasteiger partial charge in [0.25, 0.3) is 11.8 Å². The summed E-state index contributed by atoms with van der Waals surface area (Å²) in [4.78, 5) is 44.1. The molecule has 11 heteroatoms. The quantitative estimate of drug-likeness (QED) is 0.125. The Morgan fingerprint density at radius 2 is 1.61 bits per heavy atom. The van der Waals surface area contributed by atoms with Gasteiger partial charge in [-0.05, 0) is 54.4 Å². The number of anilines is 1. The number of aromatic amines is 1. The van der Waals surface area contributed by atoms with E-state index >= 15 is 0 Å². The minimum atomic E-state index is -1.30. The molecule has 196 valence electrons. The number of nitrogens with zero attached hydrogens (tertiary/aromatic N) is 1. The number of imidazole rings is 1. The normalized spacial score (nSPS) is 12.5. The summed E-state index contributed by atoms with van der Waals surface area (Å²) in [6, 6.07) is 20.4. The van der Waals surface area contributed by atoms with Crippen molar-refractivity contribution in [3.05, 3.63) is 84.2 Å². The van der Waals surface area contributed by atoms with Crippen LogP contribution in [-0.4, -0.2) is 56.7 Å². The van der Waals surface area contributed by atoms with Crippen molar-refractivity contribution >= 4 is 34.4 Å². The molecule has 2 atom stereocenters. The van der Waals surface area contributed by atoms with Gasteiger partial charge in [-0.15, -0.1) is 0 Å². The Hall–Kier alpha value is -4.58. The molecule has 4 aromatic rings. The SMILES string of the molecule is C[C@@H](O)[C@H](NC(=O)c1ccc(-c2ccc(NC(=O)CNCc3nc4ccccc4[nH]3)cc2)cc1)C(=O)NO. The van der Waals surface area contributed by atoms with Crippen LogP contribution in [0.15, 0.2) is 72.8 Å². The van der Waals surface area contributed by atoms with Gasteiger partial charge in [-0.3, -0.25) is 19.6 Å². The molecule has 0 aliphatic heterocycles. The lowest BCUT2D eigenvalue weighted by Gasteiger charge is -2.19. The standard InChI is InChI=1S/C27H28N6O5/c1-16(34)25(27(37)33-38)32-26(36)19-8-6-17(7-9-19)18-10-12-20(13-11-18)29-24(35)15-28-14-23-30-21-4-2-3-5-22(21)31-23/h2-13,16,25,28,34,38H,14-15H2,1H3,(H,29,35)(H,30,31)(H,32,36)(H,33,37)/t16-,25+/m1/s1. The van der Waals surface area contributed by atoms with E-state index in [1.165, 1.54) is 12.4 Å². The highest BCUT2D eigenvalue weighted by Crippen LogP contribution is 2.22. The zero-order valence-electron chi connectivity index (χ0n) is 20.6. The van der Waals surface area contributed by atoms with E-state index in [1.54, 1.807) is 36.4 Å². The van der Waals surface area contributed by atoms with Crippen molar-refractivity contribution in [2.45, 2.75) is 25.6 Å². The second-order valence-electron chi connectivity index (χ2n) is 8.67. The number of carbonyl (C=O) groups excluding carboxylic acids is 3. The molecule has 0 saturated heterocycles. The van der Waals surface area contributed by atoms with Crippen LogP contribution in [0.25, 0.3) is 22.2 Å². The summed E-state index contributed by atoms with van der Waals surface area (Å²) >= 11 is 0. The third-order valence-electron chi connectivity index (χ3n) is 5.83. The van der Waals surface area contributed by atoms with Crippen molar-refractivity contribution in [3.63, 3.8) is 0 Å². The third kappa shape index (κ3) is 6.59. The molecule has 3 amide bonds. The highest BCUT2D eigenvalue weighted by atomic mass is 16.5. The summed E-state index contributed by atoms with van der Waals surface area (Å²) in [5.41, 5.74) is 5.89. The predicted octanol–water partition coefficient (Wildman–Crippen LogP) is 1.94. The molecule has 7 N–H and O–H groups in total. The molecule has 0 aliphatic carbocycles. The zero-order valence-corrected chi connectivity index (χ0v) is 20.6. The molecule has 0 spiro atoms. The van der Waals surface area contributed by atoms with Gasteiger partial charge in [0.15, 0.2) is 0 Å². The average Bonchev–Trinajstić information content (AvgIpc) is 3.34. The van der Waals surface area contributed by atoms with E-state index in [9.17, 15) is 19.5 Å². The Bertz CT molecular complexity index is 1380. The monoisotopic (exact) mass is 516 g/mol. The number of rotatable bonds is 10. The molecule has 11 nitrogen and oxygen atoms in total. The molecule has 0 bridgehead atoms. The van der Waals surface area contributed by atoms with Gasteiger partial charge in [0.1, 0.15) is 11.9 Å². The second-order valence-corrected chi connectivity index (χ2v) is 8.67. The van der Waals surface area contributed by atoms with Crippen LogP contribution in [0.2, 0.25) is 0 Å². The van der Waals surface area contributed by atoms with E-state index in [-0.39, 0.29) is 18.0 Å². The summed E-state index contributed by atoms with van der Waals surface area (Å²) in [5.74, 6) is -0.919. The van der Waals surface area contributed by atoms with Crippen LogP contribution in [0.3, 0.4) is 0 Å². The van der Waals surface area contributed by atoms with Gasteiger partial charge in [0, 0.05) is 11.3 Å². The summed E-state index contributed by atoms with van der Waals surface area (Å²) < 4.78 is 0. The van der Waals surface area contributed by atoms with Gasteiger partial charge in [-0.1, -0.05) is 36.4 Å². The van der Waals surface area contributed by atoms with Crippen LogP contribution in [0.1, 0.15) is 23.1 Å². The number of nitrogens with one attached hydrogen (secondary N) is 5. The number of fused-ring (bicyclic) bond motifs is 1. The zero-order chi connectivity index (χ0) is 27.1. The first-order valence-corrected chi connectivity index (χ1v) is 11.9. The van der Waals surface area contributed by atoms with E-state index < -0.39 is 24.0 Å². The van der Waals surface area contributed by atoms with Crippen LogP contribution >= 0.6 is 0 Å². The van der Waals surface area contributed by atoms with E-state index in [2.05, 4.69) is 25.9 Å². The Balaban J connectivity index is 1.28. The fourth-order valence-electron chi connectivity index (χ4n) is 3.85. The van der Waals surface area contributed by atoms with E-state index in [1.807, 2.05) is 36.4 Å². The number of hydrogen-bond donors (Lipinski definition) is 7. The number of H-pyrrole nitrogens is 1. The van der Waals surface area contributed by atoms with Crippen LogP contribution < -0.4 is 21.4 Å². The molecule has 38 heavy (non-hydrogen) atoms. The Labute approximate surface area is 218 Å². The molecule has 4 rings (SSSR count). The van der Waals surface area contributed by atoms with Gasteiger partial charge >= 0.3 is 0 Å². The van der Waals surface area contributed by atoms with Crippen molar-refractivity contribution < 1.29 is 24.7 Å². The maximum atomic E-state index is 12.4. The average molecular weight is 517 g/mol. The molecular weight excluding hydrogens is 488 g/mol. The second kappa shape index (κ2) is 12.1. The van der Waals surface area contributed by atoms with E-state index in [4.69, 9.17) is 5.21 Å². The molecule has 0 aliphatic rings. The Morgan fingerprint density at radius 1 is 0.947 bits per heavy atom. The fraction of sp³-hybridized carbons (Fsp3) is 0.185. The minimum Gasteiger partial charge on any atom is -0.391 e. The Kier molecular flexibility index (Phi) is 8.44. The number of aliphatic hydroxyl groups excluding tert-OH is 1. The number of hydrogen-bond acceptors (Lipinski definition) is 7. The number of amides is 3. The highest BCUT2D eigenvalue weighted by molar-refractivity contribution is 5.98. The first-order chi connectivity index (χ1) is 18.3. The van der Waals surface area contributed by atoms with Crippen molar-refractivity contribution in [2.75, 3.05) is 11.9 Å². The number of aromatic nitrogens is 2. The largest absolute Gasteiger partial charge is 0.391 e. The van der Waals surface area contributed by atoms with E-state index in [0.29, 0.717) is 12.2 Å². The topological polar surface area (TPSA) is 168 Å². The summed E-state index contributed by atoms with van der Waals surface area (Å²) in [6.45, 7) is 1.88. The molecule has 1 heterocycles. The van der Waals surface area contributed by atoms with Gasteiger partial charge in [-0.25, -0.2) is 10.5 Å². The molecule has 0 saturated carbocycles. The van der Waals surface area contributed by atoms with E-state index in [0.717, 1.165) is 28.0 Å². The molecular formula is C27H28N6O5. The van der Waals surface area contributed by atoms with Crippen molar-refractivity contribution in [2.24, 2.45) is 0 Å². The fourth-order valence-corrected chi connectivity index (χ4v) is 3.85. The molecule has 0 radical (unpaired) electrons. The summed E-state index contributed by atoms with van der Waals surface area (Å²) in [7, 11) is 0. The molecule has 3 aromatic carbocycles. The number of hydroxylamine groups is 1. The Morgan fingerprint density at radius 3 is 2.24 bits per heavy atom. The third-order valence-corrected chi connectivity index (χ3v) is 5.83. The molecule has 0 unspecified atom stereocenters. The molecule has 0 fully saturated rings. The minimum absolute atomic E-state index is 0.123. The van der Waals surface area contributed by atoms with Crippen LogP contribution in [0.4, 0.5) is 5.69 Å². The lowest BCUT2D eigenvalue weighted by atomic mass is 10.0. The van der Waals surface area contributed by atoms with Crippen molar-refractivity contribution in [1.82, 2.24) is 26.1 Å². The molecule has 1 aromatic heterocycles.